The van der Waals surface area contributed by atoms with Crippen molar-refractivity contribution >= 4 is 25.2 Å². The number of aliphatic hydroxyl groups is 3. The number of hydrogen-bond acceptors (Lipinski definition) is 7. The second-order valence-electron chi connectivity index (χ2n) is 4.79. The summed E-state index contributed by atoms with van der Waals surface area (Å²) in [5.74, 6) is 0.348. The number of aliphatic hydroxyl groups excluding tert-OH is 3. The van der Waals surface area contributed by atoms with Gasteiger partial charge in [0.05, 0.1) is 12.2 Å². The highest BCUT2D eigenvalue weighted by atomic mass is 31.1. The molecule has 6 atom stereocenters. The van der Waals surface area contributed by atoms with Gasteiger partial charge in [-0.1, -0.05) is 0 Å². The molecule has 8 nitrogen and oxygen atoms in total. The monoisotopic (exact) mass is 300 g/mol. The number of aliphatic imine (C=N–C) groups is 1. The van der Waals surface area contributed by atoms with E-state index in [9.17, 15) is 15.0 Å². The molecule has 20 heavy (non-hydrogen) atoms. The summed E-state index contributed by atoms with van der Waals surface area (Å²) in [5.41, 5.74) is 6.03. The Hall–Kier alpha value is -1.31. The van der Waals surface area contributed by atoms with E-state index in [1.54, 1.807) is 11.9 Å². The predicted molar refractivity (Wildman–Crippen MR) is 72.4 cm³/mol. The zero-order valence-electron chi connectivity index (χ0n) is 10.4. The van der Waals surface area contributed by atoms with E-state index in [2.05, 4.69) is 10.3 Å². The van der Waals surface area contributed by atoms with Crippen LogP contribution in [0.1, 0.15) is 0 Å². The molecule has 6 N–H and O–H groups in total. The molecule has 0 spiro atoms. The van der Waals surface area contributed by atoms with E-state index in [1.807, 2.05) is 0 Å². The topological polar surface area (TPSA) is 137 Å². The lowest BCUT2D eigenvalue weighted by Crippen LogP contribution is -2.44. The summed E-state index contributed by atoms with van der Waals surface area (Å²) >= 11 is 0. The van der Waals surface area contributed by atoms with Crippen molar-refractivity contribution in [2.75, 3.05) is 6.61 Å². The number of hydrogen-bond donors (Lipinski definition) is 5. The van der Waals surface area contributed by atoms with Crippen molar-refractivity contribution in [1.82, 2.24) is 5.32 Å². The Morgan fingerprint density at radius 3 is 2.85 bits per heavy atom. The zero-order valence-corrected chi connectivity index (χ0v) is 11.3. The van der Waals surface area contributed by atoms with Crippen molar-refractivity contribution in [2.45, 2.75) is 29.9 Å². The van der Waals surface area contributed by atoms with E-state index in [-0.39, 0.29) is 18.5 Å². The fraction of sp³-hybridized carbons (Fsp3) is 0.545. The van der Waals surface area contributed by atoms with Gasteiger partial charge >= 0.3 is 0 Å². The molecule has 3 rings (SSSR count). The molecule has 0 saturated carbocycles. The number of carbonyl (C=O) groups excluding carboxylic acids is 1. The first kappa shape index (κ1) is 13.7. The highest BCUT2D eigenvalue weighted by Crippen LogP contribution is 2.49. The molecule has 0 aromatic carbocycles. The third-order valence-electron chi connectivity index (χ3n) is 3.56. The summed E-state index contributed by atoms with van der Waals surface area (Å²) in [4.78, 5) is 16.0. The second-order valence-corrected chi connectivity index (χ2v) is 6.98. The third kappa shape index (κ3) is 1.97. The van der Waals surface area contributed by atoms with Gasteiger partial charge in [0, 0.05) is 0 Å². The van der Waals surface area contributed by atoms with Crippen LogP contribution < -0.4 is 11.1 Å². The Morgan fingerprint density at radius 1 is 1.45 bits per heavy atom. The summed E-state index contributed by atoms with van der Waals surface area (Å²) < 4.78 is 5.51. The number of carbonyl (C=O) groups is 1. The van der Waals surface area contributed by atoms with Crippen LogP contribution in [0.3, 0.4) is 0 Å². The van der Waals surface area contributed by atoms with E-state index in [0.717, 1.165) is 0 Å². The molecule has 0 bridgehead atoms. The molecule has 0 aromatic rings. The SMILES string of the molecule is NC1=NC2C(=CC=[P+]2C2OC(CO)C(O)C2O)C(=O)N1. The molecule has 0 aromatic heterocycles. The number of allylic oxidation sites excluding steroid dienone is 1. The first-order valence-electron chi connectivity index (χ1n) is 6.12. The maximum atomic E-state index is 11.8. The van der Waals surface area contributed by atoms with Crippen molar-refractivity contribution in [2.24, 2.45) is 10.7 Å². The number of nitrogens with zero attached hydrogens (tertiary/aromatic N) is 1. The lowest BCUT2D eigenvalue weighted by molar-refractivity contribution is -0.116. The number of nitrogens with one attached hydrogen (secondary N) is 1. The zero-order chi connectivity index (χ0) is 14.4. The molecular weight excluding hydrogens is 285 g/mol. The lowest BCUT2D eigenvalue weighted by atomic mass is 10.2. The van der Waals surface area contributed by atoms with Crippen LogP contribution in [-0.4, -0.2) is 69.5 Å². The Balaban J connectivity index is 1.87. The average molecular weight is 300 g/mol. The number of amides is 1. The van der Waals surface area contributed by atoms with E-state index < -0.39 is 37.5 Å². The van der Waals surface area contributed by atoms with Gasteiger partial charge in [-0.25, -0.2) is 0 Å². The van der Waals surface area contributed by atoms with Gasteiger partial charge in [-0.15, -0.1) is 0 Å². The number of fused-ring (bicyclic) bond motifs is 1. The fourth-order valence-electron chi connectivity index (χ4n) is 2.53. The van der Waals surface area contributed by atoms with Gasteiger partial charge in [0.1, 0.15) is 18.0 Å². The van der Waals surface area contributed by atoms with E-state index in [4.69, 9.17) is 15.6 Å². The Morgan fingerprint density at radius 2 is 2.20 bits per heavy atom. The van der Waals surface area contributed by atoms with Gasteiger partial charge < -0.3 is 25.8 Å². The highest BCUT2D eigenvalue weighted by Gasteiger charge is 2.54. The predicted octanol–water partition coefficient (Wildman–Crippen LogP) is -2.58. The third-order valence-corrected chi connectivity index (χ3v) is 6.03. The van der Waals surface area contributed by atoms with Crippen molar-refractivity contribution in [3.63, 3.8) is 0 Å². The Bertz CT molecular complexity index is 546. The molecule has 0 radical (unpaired) electrons. The van der Waals surface area contributed by atoms with Crippen molar-refractivity contribution in [3.8, 4) is 0 Å². The molecular formula is C11H15N3O5P+. The summed E-state index contributed by atoms with van der Waals surface area (Å²) in [6, 6.07) is 0. The maximum absolute atomic E-state index is 11.8. The van der Waals surface area contributed by atoms with Gasteiger partial charge in [-0.2, -0.15) is 4.99 Å². The number of guanidine groups is 1. The molecule has 108 valence electrons. The van der Waals surface area contributed by atoms with Crippen LogP contribution in [0.25, 0.3) is 0 Å². The van der Waals surface area contributed by atoms with Gasteiger partial charge in [-0.3, -0.25) is 10.1 Å². The van der Waals surface area contributed by atoms with Gasteiger partial charge in [0.2, 0.25) is 11.6 Å². The van der Waals surface area contributed by atoms with Crippen LogP contribution in [0.4, 0.5) is 0 Å². The molecule has 3 aliphatic rings. The standard InChI is InChI=1S/C11H14N3O5P/c12-11-13-8(18)4-1-2-20(9(4)14-11)10-7(17)6(16)5(3-15)19-10/h1-2,5-7,9-10,15-17H,3H2,(H2-,12,13,14,18)/p+1. The Labute approximate surface area is 115 Å². The summed E-state index contributed by atoms with van der Waals surface area (Å²) in [6.07, 6.45) is -1.45. The number of rotatable bonds is 2. The first-order chi connectivity index (χ1) is 9.52. The second kappa shape index (κ2) is 4.91. The van der Waals surface area contributed by atoms with Crippen LogP contribution >= 0.6 is 7.55 Å². The molecule has 3 heterocycles. The largest absolute Gasteiger partial charge is 0.394 e. The minimum Gasteiger partial charge on any atom is -0.394 e. The number of ether oxygens (including phenoxy) is 1. The maximum Gasteiger partial charge on any atom is 0.260 e. The van der Waals surface area contributed by atoms with Crippen LogP contribution in [0, 0.1) is 0 Å². The van der Waals surface area contributed by atoms with Gasteiger partial charge in [0.25, 0.3) is 5.91 Å². The molecule has 3 aliphatic heterocycles. The van der Waals surface area contributed by atoms with Crippen LogP contribution in [0.5, 0.6) is 0 Å². The first-order valence-corrected chi connectivity index (χ1v) is 7.67. The highest BCUT2D eigenvalue weighted by molar-refractivity contribution is 7.59. The molecule has 1 amide bonds. The molecule has 9 heteroatoms. The summed E-state index contributed by atoms with van der Waals surface area (Å²) in [5, 5.41) is 31.4. The summed E-state index contributed by atoms with van der Waals surface area (Å²) in [6.45, 7) is -0.380. The van der Waals surface area contributed by atoms with E-state index in [1.165, 1.54) is 0 Å². The minimum absolute atomic E-state index is 0.0340. The van der Waals surface area contributed by atoms with Crippen molar-refractivity contribution in [3.05, 3.63) is 11.6 Å². The number of nitrogens with two attached hydrogens (primary N) is 1. The van der Waals surface area contributed by atoms with Crippen LogP contribution in [-0.2, 0) is 9.53 Å². The molecule has 1 fully saturated rings. The van der Waals surface area contributed by atoms with Gasteiger partial charge in [-0.05, 0) is 6.08 Å². The molecule has 1 saturated heterocycles. The lowest BCUT2D eigenvalue weighted by Gasteiger charge is -2.17. The smallest absolute Gasteiger partial charge is 0.260 e. The van der Waals surface area contributed by atoms with Crippen molar-refractivity contribution < 1.29 is 24.9 Å². The normalized spacial score (nSPS) is 41.6. The van der Waals surface area contributed by atoms with E-state index >= 15 is 0 Å². The molecule has 6 unspecified atom stereocenters. The van der Waals surface area contributed by atoms with Gasteiger partial charge in [0.15, 0.2) is 19.6 Å². The quantitative estimate of drug-likeness (QED) is 0.355. The van der Waals surface area contributed by atoms with Crippen LogP contribution in [0.15, 0.2) is 16.6 Å². The van der Waals surface area contributed by atoms with E-state index in [0.29, 0.717) is 5.57 Å². The van der Waals surface area contributed by atoms with Crippen LogP contribution in [0.2, 0.25) is 0 Å². The average Bonchev–Trinajstić information content (AvgIpc) is 2.93. The summed E-state index contributed by atoms with van der Waals surface area (Å²) in [7, 11) is -1.14. The minimum atomic E-state index is -1.15. The van der Waals surface area contributed by atoms with Crippen molar-refractivity contribution in [1.29, 1.82) is 0 Å². The fourth-order valence-corrected chi connectivity index (χ4v) is 5.08. The Kier molecular flexibility index (Phi) is 3.35. The molecule has 0 aliphatic carbocycles.